The molecule has 2 heterocycles. The molecule has 1 aromatic carbocycles. The van der Waals surface area contributed by atoms with E-state index < -0.39 is 4.92 Å². The number of nitro groups is 1. The average Bonchev–Trinajstić information content (AvgIpc) is 2.98. The first-order chi connectivity index (χ1) is 10.6. The largest absolute Gasteiger partial charge is 0.290 e. The van der Waals surface area contributed by atoms with Crippen LogP contribution in [0.25, 0.3) is 10.2 Å². The molecule has 0 atom stereocenters. The van der Waals surface area contributed by atoms with E-state index in [0.717, 1.165) is 5.56 Å². The second-order valence-corrected chi connectivity index (χ2v) is 6.46. The van der Waals surface area contributed by atoms with Crippen molar-refractivity contribution >= 4 is 39.0 Å². The van der Waals surface area contributed by atoms with Crippen molar-refractivity contribution in [3.63, 3.8) is 0 Å². The highest BCUT2D eigenvalue weighted by atomic mass is 32.2. The van der Waals surface area contributed by atoms with Crippen LogP contribution in [0, 0.1) is 10.1 Å². The Balaban J connectivity index is 1.83. The fourth-order valence-corrected chi connectivity index (χ4v) is 3.69. The third-order valence-corrected chi connectivity index (χ3v) is 5.15. The van der Waals surface area contributed by atoms with Crippen molar-refractivity contribution in [1.82, 2.24) is 9.55 Å². The number of aromatic nitrogens is 2. The van der Waals surface area contributed by atoms with Crippen LogP contribution in [0.3, 0.4) is 0 Å². The van der Waals surface area contributed by atoms with Crippen molar-refractivity contribution in [3.8, 4) is 0 Å². The van der Waals surface area contributed by atoms with Gasteiger partial charge in [0.25, 0.3) is 11.2 Å². The van der Waals surface area contributed by atoms with E-state index in [1.165, 1.54) is 39.8 Å². The monoisotopic (exact) mass is 333 g/mol. The number of nitro benzene ring substituents is 1. The minimum Gasteiger partial charge on any atom is -0.290 e. The van der Waals surface area contributed by atoms with Crippen LogP contribution in [-0.2, 0) is 12.8 Å². The maximum atomic E-state index is 12.2. The minimum atomic E-state index is -0.424. The van der Waals surface area contributed by atoms with Crippen LogP contribution in [0.5, 0.6) is 0 Å². The van der Waals surface area contributed by atoms with Gasteiger partial charge in [0.2, 0.25) is 0 Å². The van der Waals surface area contributed by atoms with Crippen LogP contribution in [0.15, 0.2) is 45.7 Å². The van der Waals surface area contributed by atoms with Gasteiger partial charge in [-0.15, -0.1) is 11.3 Å². The number of hydrogen-bond donors (Lipinski definition) is 0. The maximum absolute atomic E-state index is 12.2. The van der Waals surface area contributed by atoms with Gasteiger partial charge in [0.05, 0.1) is 10.4 Å². The number of nitrogens with zero attached hydrogens (tertiary/aromatic N) is 3. The zero-order valence-corrected chi connectivity index (χ0v) is 13.2. The Morgan fingerprint density at radius 3 is 2.73 bits per heavy atom. The molecule has 6 nitrogen and oxygen atoms in total. The van der Waals surface area contributed by atoms with Gasteiger partial charge in [-0.05, 0) is 17.0 Å². The summed E-state index contributed by atoms with van der Waals surface area (Å²) in [6.07, 6.45) is 0. The molecule has 22 heavy (non-hydrogen) atoms. The molecular formula is C14H11N3O3S2. The quantitative estimate of drug-likeness (QED) is 0.317. The van der Waals surface area contributed by atoms with Gasteiger partial charge < -0.3 is 0 Å². The Morgan fingerprint density at radius 1 is 1.32 bits per heavy atom. The van der Waals surface area contributed by atoms with Gasteiger partial charge in [-0.3, -0.25) is 19.5 Å². The number of benzene rings is 1. The predicted molar refractivity (Wildman–Crippen MR) is 87.5 cm³/mol. The molecule has 0 radical (unpaired) electrons. The van der Waals surface area contributed by atoms with Crippen LogP contribution in [0.1, 0.15) is 5.56 Å². The Morgan fingerprint density at radius 2 is 2.05 bits per heavy atom. The maximum Gasteiger partial charge on any atom is 0.271 e. The number of thiophene rings is 1. The molecule has 3 rings (SSSR count). The van der Waals surface area contributed by atoms with E-state index in [2.05, 4.69) is 4.98 Å². The van der Waals surface area contributed by atoms with Crippen molar-refractivity contribution in [3.05, 3.63) is 61.7 Å². The summed E-state index contributed by atoms with van der Waals surface area (Å²) in [6.45, 7) is 0. The molecule has 112 valence electrons. The van der Waals surface area contributed by atoms with Crippen molar-refractivity contribution in [2.75, 3.05) is 0 Å². The normalized spacial score (nSPS) is 11.0. The fraction of sp³-hybridized carbons (Fsp3) is 0.143. The summed E-state index contributed by atoms with van der Waals surface area (Å²) in [7, 11) is 1.70. The molecule has 0 saturated heterocycles. The lowest BCUT2D eigenvalue weighted by Crippen LogP contribution is -2.18. The lowest BCUT2D eigenvalue weighted by Gasteiger charge is -2.07. The molecule has 0 aliphatic carbocycles. The van der Waals surface area contributed by atoms with Crippen LogP contribution >= 0.6 is 23.1 Å². The predicted octanol–water partition coefficient (Wildman–Crippen LogP) is 3.20. The second-order valence-electron chi connectivity index (χ2n) is 4.61. The molecule has 0 N–H and O–H groups in total. The third kappa shape index (κ3) is 2.75. The van der Waals surface area contributed by atoms with Crippen molar-refractivity contribution in [2.45, 2.75) is 10.9 Å². The molecule has 2 aromatic heterocycles. The molecular weight excluding hydrogens is 322 g/mol. The van der Waals surface area contributed by atoms with Crippen LogP contribution in [0.2, 0.25) is 0 Å². The summed E-state index contributed by atoms with van der Waals surface area (Å²) in [5.41, 5.74) is 1.67. The van der Waals surface area contributed by atoms with Crippen LogP contribution in [-0.4, -0.2) is 14.5 Å². The van der Waals surface area contributed by atoms with E-state index in [-0.39, 0.29) is 11.2 Å². The Hall–Kier alpha value is -2.19. The lowest BCUT2D eigenvalue weighted by molar-refractivity contribution is -0.384. The van der Waals surface area contributed by atoms with Crippen molar-refractivity contribution in [1.29, 1.82) is 0 Å². The van der Waals surface area contributed by atoms with Crippen molar-refractivity contribution in [2.24, 2.45) is 7.05 Å². The fourth-order valence-electron chi connectivity index (χ4n) is 1.96. The number of non-ortho nitro benzene ring substituents is 1. The van der Waals surface area contributed by atoms with Gasteiger partial charge >= 0.3 is 0 Å². The van der Waals surface area contributed by atoms with E-state index >= 15 is 0 Å². The van der Waals surface area contributed by atoms with E-state index in [9.17, 15) is 14.9 Å². The van der Waals surface area contributed by atoms with Gasteiger partial charge in [-0.25, -0.2) is 4.98 Å². The average molecular weight is 333 g/mol. The molecule has 0 bridgehead atoms. The summed E-state index contributed by atoms with van der Waals surface area (Å²) in [5, 5.41) is 13.1. The molecule has 0 spiro atoms. The van der Waals surface area contributed by atoms with Gasteiger partial charge in [-0.1, -0.05) is 23.9 Å². The van der Waals surface area contributed by atoms with E-state index in [1.54, 1.807) is 19.2 Å². The van der Waals surface area contributed by atoms with E-state index in [0.29, 0.717) is 21.1 Å². The first-order valence-corrected chi connectivity index (χ1v) is 8.23. The highest BCUT2D eigenvalue weighted by Crippen LogP contribution is 2.24. The van der Waals surface area contributed by atoms with Crippen LogP contribution in [0.4, 0.5) is 5.69 Å². The minimum absolute atomic E-state index is 0.0498. The number of fused-ring (bicyclic) bond motifs is 1. The molecule has 8 heteroatoms. The van der Waals surface area contributed by atoms with Crippen molar-refractivity contribution < 1.29 is 4.92 Å². The summed E-state index contributed by atoms with van der Waals surface area (Å²) in [5.74, 6) is 0.591. The highest BCUT2D eigenvalue weighted by Gasteiger charge is 2.10. The molecule has 3 aromatic rings. The van der Waals surface area contributed by atoms with Gasteiger partial charge in [0, 0.05) is 24.9 Å². The molecule has 0 aliphatic rings. The highest BCUT2D eigenvalue weighted by molar-refractivity contribution is 7.98. The summed E-state index contributed by atoms with van der Waals surface area (Å²) in [4.78, 5) is 26.9. The zero-order valence-electron chi connectivity index (χ0n) is 11.6. The Kier molecular flexibility index (Phi) is 3.95. The van der Waals surface area contributed by atoms with Gasteiger partial charge in [0.1, 0.15) is 4.70 Å². The summed E-state index contributed by atoms with van der Waals surface area (Å²) >= 11 is 2.82. The smallest absolute Gasteiger partial charge is 0.271 e. The third-order valence-electron chi connectivity index (χ3n) is 3.16. The molecule has 0 amide bonds. The van der Waals surface area contributed by atoms with Crippen LogP contribution < -0.4 is 5.56 Å². The standard InChI is InChI=1S/C14H11N3O3S2/c1-16-13(18)12-11(6-7-21-12)15-14(16)22-8-9-2-4-10(5-3-9)17(19)20/h2-7H,8H2,1H3. The molecule has 0 unspecified atom stereocenters. The Bertz CT molecular complexity index is 900. The molecule has 0 saturated carbocycles. The van der Waals surface area contributed by atoms with Gasteiger partial charge in [0.15, 0.2) is 5.16 Å². The number of thioether (sulfide) groups is 1. The number of hydrogen-bond acceptors (Lipinski definition) is 6. The second kappa shape index (κ2) is 5.90. The SMILES string of the molecule is Cn1c(SCc2ccc([N+](=O)[O-])cc2)nc2ccsc2c1=O. The number of rotatable bonds is 4. The summed E-state index contributed by atoms with van der Waals surface area (Å²) < 4.78 is 2.19. The topological polar surface area (TPSA) is 78.0 Å². The zero-order chi connectivity index (χ0) is 15.7. The first-order valence-electron chi connectivity index (χ1n) is 6.36. The van der Waals surface area contributed by atoms with E-state index in [1.807, 2.05) is 11.4 Å². The molecule has 0 aliphatic heterocycles. The molecule has 0 fully saturated rings. The van der Waals surface area contributed by atoms with E-state index in [4.69, 9.17) is 0 Å². The Labute approximate surface area is 133 Å². The summed E-state index contributed by atoms with van der Waals surface area (Å²) in [6, 6.07) is 8.21. The first kappa shape index (κ1) is 14.7. The van der Waals surface area contributed by atoms with Gasteiger partial charge in [-0.2, -0.15) is 0 Å². The lowest BCUT2D eigenvalue weighted by atomic mass is 10.2.